The summed E-state index contributed by atoms with van der Waals surface area (Å²) < 4.78 is 0. The van der Waals surface area contributed by atoms with Gasteiger partial charge in [-0.25, -0.2) is 0 Å². The lowest BCUT2D eigenvalue weighted by atomic mass is 10.2. The van der Waals surface area contributed by atoms with E-state index in [1.165, 1.54) is 16.1 Å². The first-order valence-electron chi connectivity index (χ1n) is 6.21. The van der Waals surface area contributed by atoms with E-state index in [9.17, 15) is 0 Å². The largest absolute Gasteiger partial charge is 0.374 e. The highest BCUT2D eigenvalue weighted by molar-refractivity contribution is 7.99. The third kappa shape index (κ3) is 3.81. The van der Waals surface area contributed by atoms with Crippen LogP contribution in [0.1, 0.15) is 5.56 Å². The molecular weight excluding hydrogens is 238 g/mol. The Kier molecular flexibility index (Phi) is 4.71. The van der Waals surface area contributed by atoms with Gasteiger partial charge in [-0.1, -0.05) is 35.9 Å². The Morgan fingerprint density at radius 3 is 2.28 bits per heavy atom. The summed E-state index contributed by atoms with van der Waals surface area (Å²) in [5, 5.41) is 0. The highest BCUT2D eigenvalue weighted by Gasteiger charge is 2.00. The van der Waals surface area contributed by atoms with Crippen LogP contribution in [0.3, 0.4) is 0 Å². The monoisotopic (exact) mass is 257 g/mol. The Morgan fingerprint density at radius 2 is 1.61 bits per heavy atom. The van der Waals surface area contributed by atoms with Gasteiger partial charge >= 0.3 is 0 Å². The molecule has 0 amide bonds. The van der Waals surface area contributed by atoms with Gasteiger partial charge in [-0.3, -0.25) is 0 Å². The van der Waals surface area contributed by atoms with Crippen LogP contribution in [0.5, 0.6) is 0 Å². The molecule has 1 nitrogen and oxygen atoms in total. The average Bonchev–Trinajstić information content (AvgIpc) is 2.40. The Balaban J connectivity index is 1.81. The summed E-state index contributed by atoms with van der Waals surface area (Å²) in [6.45, 7) is 3.18. The van der Waals surface area contributed by atoms with E-state index in [0.29, 0.717) is 0 Å². The molecular formula is C16H19NS. The Labute approximate surface area is 114 Å². The lowest BCUT2D eigenvalue weighted by Crippen LogP contribution is -2.20. The fourth-order valence-electron chi connectivity index (χ4n) is 1.75. The van der Waals surface area contributed by atoms with E-state index in [2.05, 4.69) is 73.5 Å². The van der Waals surface area contributed by atoms with Crippen LogP contribution >= 0.6 is 11.8 Å². The molecule has 0 fully saturated rings. The van der Waals surface area contributed by atoms with E-state index in [0.717, 1.165) is 12.3 Å². The maximum absolute atomic E-state index is 2.30. The number of anilines is 1. The SMILES string of the molecule is Cc1ccc(N(C)CCSc2ccccc2)cc1. The average molecular weight is 257 g/mol. The van der Waals surface area contributed by atoms with Gasteiger partial charge in [0, 0.05) is 29.9 Å². The highest BCUT2D eigenvalue weighted by Crippen LogP contribution is 2.18. The summed E-state index contributed by atoms with van der Waals surface area (Å²) in [7, 11) is 2.15. The minimum absolute atomic E-state index is 1.06. The van der Waals surface area contributed by atoms with Gasteiger partial charge in [-0.05, 0) is 31.2 Å². The molecule has 0 saturated heterocycles. The predicted molar refractivity (Wildman–Crippen MR) is 81.6 cm³/mol. The van der Waals surface area contributed by atoms with Crippen LogP contribution in [-0.4, -0.2) is 19.3 Å². The zero-order valence-electron chi connectivity index (χ0n) is 11.0. The molecule has 0 aromatic heterocycles. The maximum atomic E-state index is 2.30. The molecule has 94 valence electrons. The van der Waals surface area contributed by atoms with E-state index in [4.69, 9.17) is 0 Å². The third-order valence-corrected chi connectivity index (χ3v) is 3.91. The van der Waals surface area contributed by atoms with E-state index in [1.807, 2.05) is 11.8 Å². The Morgan fingerprint density at radius 1 is 0.944 bits per heavy atom. The Hall–Kier alpha value is -1.41. The maximum Gasteiger partial charge on any atom is 0.0364 e. The van der Waals surface area contributed by atoms with Crippen LogP contribution in [0.25, 0.3) is 0 Å². The van der Waals surface area contributed by atoms with E-state index >= 15 is 0 Å². The van der Waals surface area contributed by atoms with Gasteiger partial charge in [0.15, 0.2) is 0 Å². The summed E-state index contributed by atoms with van der Waals surface area (Å²) in [6, 6.07) is 19.3. The lowest BCUT2D eigenvalue weighted by molar-refractivity contribution is 0.976. The third-order valence-electron chi connectivity index (χ3n) is 2.91. The molecule has 0 radical (unpaired) electrons. The van der Waals surface area contributed by atoms with Crippen molar-refractivity contribution in [1.29, 1.82) is 0 Å². The zero-order chi connectivity index (χ0) is 12.8. The molecule has 0 unspecified atom stereocenters. The summed E-state index contributed by atoms with van der Waals surface area (Å²) in [5.41, 5.74) is 2.60. The number of aryl methyl sites for hydroxylation is 1. The number of thioether (sulfide) groups is 1. The predicted octanol–water partition coefficient (Wildman–Crippen LogP) is 4.22. The molecule has 0 spiro atoms. The first-order chi connectivity index (χ1) is 8.75. The van der Waals surface area contributed by atoms with Gasteiger partial charge in [-0.15, -0.1) is 11.8 Å². The Bertz CT molecular complexity index is 464. The quantitative estimate of drug-likeness (QED) is 0.738. The van der Waals surface area contributed by atoms with Crippen molar-refractivity contribution in [2.75, 3.05) is 24.2 Å². The normalized spacial score (nSPS) is 10.3. The fraction of sp³-hybridized carbons (Fsp3) is 0.250. The van der Waals surface area contributed by atoms with Gasteiger partial charge < -0.3 is 4.90 Å². The summed E-state index contributed by atoms with van der Waals surface area (Å²) in [6.07, 6.45) is 0. The van der Waals surface area contributed by atoms with Crippen molar-refractivity contribution in [3.05, 3.63) is 60.2 Å². The van der Waals surface area contributed by atoms with Crippen LogP contribution in [0.15, 0.2) is 59.5 Å². The van der Waals surface area contributed by atoms with Crippen molar-refractivity contribution in [2.24, 2.45) is 0 Å². The molecule has 18 heavy (non-hydrogen) atoms. The number of hydrogen-bond donors (Lipinski definition) is 0. The van der Waals surface area contributed by atoms with Crippen molar-refractivity contribution < 1.29 is 0 Å². The molecule has 0 atom stereocenters. The van der Waals surface area contributed by atoms with Gasteiger partial charge in [0.1, 0.15) is 0 Å². The van der Waals surface area contributed by atoms with E-state index < -0.39 is 0 Å². The van der Waals surface area contributed by atoms with E-state index in [1.54, 1.807) is 0 Å². The van der Waals surface area contributed by atoms with Gasteiger partial charge in [0.05, 0.1) is 0 Å². The molecule has 0 bridgehead atoms. The fourth-order valence-corrected chi connectivity index (χ4v) is 2.70. The van der Waals surface area contributed by atoms with Crippen LogP contribution < -0.4 is 4.90 Å². The standard InChI is InChI=1S/C16H19NS/c1-14-8-10-15(11-9-14)17(2)12-13-18-16-6-4-3-5-7-16/h3-11H,12-13H2,1-2H3. The minimum Gasteiger partial charge on any atom is -0.374 e. The first kappa shape index (κ1) is 13.0. The number of benzene rings is 2. The number of hydrogen-bond acceptors (Lipinski definition) is 2. The van der Waals surface area contributed by atoms with Crippen molar-refractivity contribution in [2.45, 2.75) is 11.8 Å². The number of rotatable bonds is 5. The second-order valence-electron chi connectivity index (χ2n) is 4.42. The number of nitrogens with zero attached hydrogens (tertiary/aromatic N) is 1. The summed E-state index contributed by atoms with van der Waals surface area (Å²) in [5.74, 6) is 1.11. The molecule has 2 aromatic rings. The second-order valence-corrected chi connectivity index (χ2v) is 5.59. The second kappa shape index (κ2) is 6.50. The summed E-state index contributed by atoms with van der Waals surface area (Å²) in [4.78, 5) is 3.64. The van der Waals surface area contributed by atoms with E-state index in [-0.39, 0.29) is 0 Å². The molecule has 2 aromatic carbocycles. The van der Waals surface area contributed by atoms with Crippen LogP contribution in [-0.2, 0) is 0 Å². The first-order valence-corrected chi connectivity index (χ1v) is 7.20. The summed E-state index contributed by atoms with van der Waals surface area (Å²) >= 11 is 1.90. The molecule has 0 N–H and O–H groups in total. The van der Waals surface area contributed by atoms with Gasteiger partial charge in [-0.2, -0.15) is 0 Å². The molecule has 0 heterocycles. The molecule has 0 saturated carbocycles. The topological polar surface area (TPSA) is 3.24 Å². The molecule has 0 aliphatic heterocycles. The van der Waals surface area contributed by atoms with Crippen molar-refractivity contribution in [1.82, 2.24) is 0 Å². The minimum atomic E-state index is 1.06. The molecule has 2 rings (SSSR count). The van der Waals surface area contributed by atoms with Crippen molar-refractivity contribution in [3.8, 4) is 0 Å². The van der Waals surface area contributed by atoms with Crippen LogP contribution in [0.4, 0.5) is 5.69 Å². The molecule has 0 aliphatic carbocycles. The zero-order valence-corrected chi connectivity index (χ0v) is 11.8. The van der Waals surface area contributed by atoms with Crippen molar-refractivity contribution in [3.63, 3.8) is 0 Å². The van der Waals surface area contributed by atoms with Gasteiger partial charge in [0.2, 0.25) is 0 Å². The molecule has 0 aliphatic rings. The smallest absolute Gasteiger partial charge is 0.0364 e. The van der Waals surface area contributed by atoms with Crippen LogP contribution in [0.2, 0.25) is 0 Å². The highest BCUT2D eigenvalue weighted by atomic mass is 32.2. The van der Waals surface area contributed by atoms with Crippen molar-refractivity contribution >= 4 is 17.4 Å². The molecule has 2 heteroatoms. The van der Waals surface area contributed by atoms with Crippen LogP contribution in [0, 0.1) is 6.92 Å². The lowest BCUT2D eigenvalue weighted by Gasteiger charge is -2.19. The van der Waals surface area contributed by atoms with Gasteiger partial charge in [0.25, 0.3) is 0 Å².